The van der Waals surface area contributed by atoms with Crippen LogP contribution in [-0.4, -0.2) is 17.7 Å². The Balaban J connectivity index is 2.10. The molecule has 134 valence electrons. The summed E-state index contributed by atoms with van der Waals surface area (Å²) in [5.74, 6) is -1.74. The van der Waals surface area contributed by atoms with Gasteiger partial charge in [0.25, 0.3) is 11.8 Å². The van der Waals surface area contributed by atoms with Gasteiger partial charge in [-0.15, -0.1) is 0 Å². The highest BCUT2D eigenvalue weighted by Crippen LogP contribution is 2.20. The Morgan fingerprint density at radius 2 is 1.65 bits per heavy atom. The lowest BCUT2D eigenvalue weighted by Gasteiger charge is -2.11. The third-order valence-electron chi connectivity index (χ3n) is 3.13. The number of benzene rings is 2. The van der Waals surface area contributed by atoms with Crippen molar-refractivity contribution >= 4 is 47.0 Å². The Morgan fingerprint density at radius 3 is 2.27 bits per heavy atom. The number of nitrogens with one attached hydrogen (secondary N) is 3. The topological polar surface area (TPSA) is 87.3 Å². The van der Waals surface area contributed by atoms with Crippen LogP contribution in [0.2, 0.25) is 10.0 Å². The van der Waals surface area contributed by atoms with Crippen molar-refractivity contribution in [3.8, 4) is 0 Å². The summed E-state index contributed by atoms with van der Waals surface area (Å²) in [5.41, 5.74) is 5.30. The molecule has 0 fully saturated rings. The first-order valence-electron chi connectivity index (χ1n) is 7.47. The zero-order valence-corrected chi connectivity index (χ0v) is 15.2. The summed E-state index contributed by atoms with van der Waals surface area (Å²) in [4.78, 5) is 35.8. The summed E-state index contributed by atoms with van der Waals surface area (Å²) in [6, 6.07) is 13.3. The number of halogens is 2. The average Bonchev–Trinajstić information content (AvgIpc) is 2.59. The van der Waals surface area contributed by atoms with Crippen LogP contribution >= 0.6 is 23.2 Å². The molecule has 0 heterocycles. The summed E-state index contributed by atoms with van der Waals surface area (Å²) < 4.78 is 0. The number of carbonyl (C=O) groups is 3. The van der Waals surface area contributed by atoms with E-state index >= 15 is 0 Å². The zero-order chi connectivity index (χ0) is 19.1. The van der Waals surface area contributed by atoms with Crippen LogP contribution in [0.3, 0.4) is 0 Å². The predicted octanol–water partition coefficient (Wildman–Crippen LogP) is 2.93. The van der Waals surface area contributed by atoms with Crippen molar-refractivity contribution in [2.45, 2.75) is 6.92 Å². The smallest absolute Gasteiger partial charge is 0.286 e. The van der Waals surface area contributed by atoms with Crippen molar-refractivity contribution in [1.82, 2.24) is 16.2 Å². The van der Waals surface area contributed by atoms with Gasteiger partial charge in [-0.05, 0) is 29.8 Å². The SMILES string of the molecule is CC(=O)NC(=Cc1ccccc1)C(=O)NNC(=O)c1ccc(Cl)cc1Cl. The standard InChI is InChI=1S/C18H15Cl2N3O3/c1-11(24)21-16(9-12-5-3-2-4-6-12)18(26)23-22-17(25)14-8-7-13(19)10-15(14)20/h2-10H,1H3,(H,21,24)(H,22,25)(H,23,26). The highest BCUT2D eigenvalue weighted by Gasteiger charge is 2.15. The summed E-state index contributed by atoms with van der Waals surface area (Å²) in [5, 5.41) is 2.95. The first kappa shape index (κ1) is 19.5. The van der Waals surface area contributed by atoms with Crippen LogP contribution < -0.4 is 16.2 Å². The summed E-state index contributed by atoms with van der Waals surface area (Å²) >= 11 is 11.7. The average molecular weight is 392 g/mol. The van der Waals surface area contributed by atoms with Gasteiger partial charge in [-0.1, -0.05) is 53.5 Å². The van der Waals surface area contributed by atoms with Gasteiger partial charge in [0.15, 0.2) is 0 Å². The summed E-state index contributed by atoms with van der Waals surface area (Å²) in [6.45, 7) is 1.28. The molecular formula is C18H15Cl2N3O3. The molecule has 0 aliphatic carbocycles. The van der Waals surface area contributed by atoms with Crippen LogP contribution in [0.1, 0.15) is 22.8 Å². The van der Waals surface area contributed by atoms with Crippen LogP contribution in [-0.2, 0) is 9.59 Å². The quantitative estimate of drug-likeness (QED) is 0.552. The van der Waals surface area contributed by atoms with E-state index in [1.54, 1.807) is 24.3 Å². The molecule has 0 aliphatic rings. The van der Waals surface area contributed by atoms with E-state index in [4.69, 9.17) is 23.2 Å². The van der Waals surface area contributed by atoms with E-state index in [1.165, 1.54) is 31.2 Å². The van der Waals surface area contributed by atoms with E-state index < -0.39 is 17.7 Å². The highest BCUT2D eigenvalue weighted by atomic mass is 35.5. The third kappa shape index (κ3) is 5.61. The van der Waals surface area contributed by atoms with Gasteiger partial charge in [0.05, 0.1) is 10.6 Å². The van der Waals surface area contributed by atoms with Gasteiger partial charge in [-0.2, -0.15) is 0 Å². The number of rotatable bonds is 4. The lowest BCUT2D eigenvalue weighted by molar-refractivity contribution is -0.122. The highest BCUT2D eigenvalue weighted by molar-refractivity contribution is 6.36. The van der Waals surface area contributed by atoms with E-state index in [-0.39, 0.29) is 16.3 Å². The molecule has 2 aromatic carbocycles. The first-order chi connectivity index (χ1) is 12.4. The van der Waals surface area contributed by atoms with E-state index in [1.807, 2.05) is 6.07 Å². The van der Waals surface area contributed by atoms with Crippen molar-refractivity contribution in [3.05, 3.63) is 75.4 Å². The second-order valence-corrected chi connectivity index (χ2v) is 6.03. The summed E-state index contributed by atoms with van der Waals surface area (Å²) in [6.07, 6.45) is 1.48. The number of amides is 3. The molecule has 8 heteroatoms. The molecule has 0 bridgehead atoms. The Bertz CT molecular complexity index is 867. The molecule has 26 heavy (non-hydrogen) atoms. The molecule has 3 N–H and O–H groups in total. The fraction of sp³-hybridized carbons (Fsp3) is 0.0556. The number of hydrazine groups is 1. The van der Waals surface area contributed by atoms with Crippen LogP contribution in [0.4, 0.5) is 0 Å². The van der Waals surface area contributed by atoms with E-state index in [0.29, 0.717) is 10.6 Å². The molecule has 2 aromatic rings. The normalized spacial score (nSPS) is 10.8. The summed E-state index contributed by atoms with van der Waals surface area (Å²) in [7, 11) is 0. The number of carbonyl (C=O) groups excluding carboxylic acids is 3. The number of hydrogen-bond acceptors (Lipinski definition) is 3. The van der Waals surface area contributed by atoms with Crippen LogP contribution in [0.5, 0.6) is 0 Å². The minimum absolute atomic E-state index is 0.0220. The molecule has 0 spiro atoms. The van der Waals surface area contributed by atoms with Gasteiger partial charge in [-0.3, -0.25) is 25.2 Å². The molecule has 0 radical (unpaired) electrons. The Hall–Kier alpha value is -2.83. The minimum Gasteiger partial charge on any atom is -0.322 e. The maximum Gasteiger partial charge on any atom is 0.286 e. The third-order valence-corrected chi connectivity index (χ3v) is 3.68. The molecule has 0 atom stereocenters. The molecule has 0 unspecified atom stereocenters. The molecule has 0 saturated carbocycles. The molecule has 3 amide bonds. The lowest BCUT2D eigenvalue weighted by atomic mass is 10.2. The van der Waals surface area contributed by atoms with E-state index in [9.17, 15) is 14.4 Å². The maximum atomic E-state index is 12.3. The fourth-order valence-corrected chi connectivity index (χ4v) is 2.48. The van der Waals surface area contributed by atoms with Gasteiger partial charge < -0.3 is 5.32 Å². The lowest BCUT2D eigenvalue weighted by Crippen LogP contribution is -2.45. The zero-order valence-electron chi connectivity index (χ0n) is 13.7. The Labute approximate surface area is 160 Å². The van der Waals surface area contributed by atoms with Crippen molar-refractivity contribution in [2.75, 3.05) is 0 Å². The van der Waals surface area contributed by atoms with Crippen LogP contribution in [0.25, 0.3) is 6.08 Å². The van der Waals surface area contributed by atoms with Gasteiger partial charge in [0.2, 0.25) is 5.91 Å². The molecular weight excluding hydrogens is 377 g/mol. The second kappa shape index (κ2) is 9.03. The Morgan fingerprint density at radius 1 is 0.962 bits per heavy atom. The van der Waals surface area contributed by atoms with Gasteiger partial charge in [-0.25, -0.2) is 0 Å². The monoisotopic (exact) mass is 391 g/mol. The number of hydrogen-bond donors (Lipinski definition) is 3. The van der Waals surface area contributed by atoms with Crippen molar-refractivity contribution in [3.63, 3.8) is 0 Å². The first-order valence-corrected chi connectivity index (χ1v) is 8.22. The molecule has 6 nitrogen and oxygen atoms in total. The minimum atomic E-state index is -0.692. The van der Waals surface area contributed by atoms with E-state index in [0.717, 1.165) is 0 Å². The van der Waals surface area contributed by atoms with Gasteiger partial charge in [0, 0.05) is 11.9 Å². The largest absolute Gasteiger partial charge is 0.322 e. The molecule has 2 rings (SSSR count). The fourth-order valence-electron chi connectivity index (χ4n) is 1.99. The van der Waals surface area contributed by atoms with Gasteiger partial charge >= 0.3 is 0 Å². The van der Waals surface area contributed by atoms with Crippen molar-refractivity contribution in [2.24, 2.45) is 0 Å². The second-order valence-electron chi connectivity index (χ2n) is 5.18. The van der Waals surface area contributed by atoms with Crippen LogP contribution in [0.15, 0.2) is 54.2 Å². The maximum absolute atomic E-state index is 12.3. The van der Waals surface area contributed by atoms with Crippen LogP contribution in [0, 0.1) is 0 Å². The Kier molecular flexibility index (Phi) is 6.77. The van der Waals surface area contributed by atoms with Crippen molar-refractivity contribution < 1.29 is 14.4 Å². The molecule has 0 saturated heterocycles. The predicted molar refractivity (Wildman–Crippen MR) is 100 cm³/mol. The van der Waals surface area contributed by atoms with Gasteiger partial charge in [0.1, 0.15) is 5.70 Å². The van der Waals surface area contributed by atoms with E-state index in [2.05, 4.69) is 16.2 Å². The van der Waals surface area contributed by atoms with Crippen molar-refractivity contribution in [1.29, 1.82) is 0 Å². The molecule has 0 aliphatic heterocycles. The molecule has 0 aromatic heterocycles.